The smallest absolute Gasteiger partial charge is 0.224 e. The van der Waals surface area contributed by atoms with Crippen LogP contribution in [0.1, 0.15) is 19.8 Å². The van der Waals surface area contributed by atoms with Gasteiger partial charge in [-0.15, -0.1) is 0 Å². The highest BCUT2D eigenvalue weighted by molar-refractivity contribution is 6.33. The molecule has 0 saturated heterocycles. The molecule has 0 spiro atoms. The first-order chi connectivity index (χ1) is 6.65. The van der Waals surface area contributed by atoms with Crippen LogP contribution in [0.15, 0.2) is 6.20 Å². The molecule has 76 valence electrons. The van der Waals surface area contributed by atoms with Crippen molar-refractivity contribution in [3.63, 3.8) is 0 Å². The first kappa shape index (κ1) is 9.99. The zero-order valence-corrected chi connectivity index (χ0v) is 9.31. The topological polar surface area (TPSA) is 37.8 Å². The lowest BCUT2D eigenvalue weighted by Crippen LogP contribution is -2.34. The van der Waals surface area contributed by atoms with E-state index in [0.29, 0.717) is 16.9 Å². The average molecular weight is 232 g/mol. The van der Waals surface area contributed by atoms with Gasteiger partial charge in [0.05, 0.1) is 6.20 Å². The Kier molecular flexibility index (Phi) is 2.79. The summed E-state index contributed by atoms with van der Waals surface area (Å²) in [6.45, 7) is 2.23. The molecular weight excluding hydrogens is 221 g/mol. The monoisotopic (exact) mass is 231 g/mol. The fourth-order valence-corrected chi connectivity index (χ4v) is 1.94. The maximum Gasteiger partial charge on any atom is 0.224 e. The molecule has 1 saturated carbocycles. The van der Waals surface area contributed by atoms with Crippen LogP contribution >= 0.6 is 23.2 Å². The molecule has 1 aromatic rings. The summed E-state index contributed by atoms with van der Waals surface area (Å²) in [6.07, 6.45) is 3.84. The fraction of sp³-hybridized carbons (Fsp3) is 0.556. The summed E-state index contributed by atoms with van der Waals surface area (Å²) < 4.78 is 0. The third-order valence-corrected chi connectivity index (χ3v) is 2.89. The van der Waals surface area contributed by atoms with Crippen molar-refractivity contribution in [3.05, 3.63) is 16.5 Å². The quantitative estimate of drug-likeness (QED) is 0.796. The maximum absolute atomic E-state index is 5.91. The van der Waals surface area contributed by atoms with Crippen molar-refractivity contribution < 1.29 is 0 Å². The molecule has 1 aromatic heterocycles. The Morgan fingerprint density at radius 3 is 2.79 bits per heavy atom. The third kappa shape index (κ3) is 2.10. The maximum atomic E-state index is 5.91. The molecule has 0 radical (unpaired) electrons. The molecule has 0 amide bonds. The zero-order chi connectivity index (χ0) is 10.1. The lowest BCUT2D eigenvalue weighted by Gasteiger charge is -2.33. The molecule has 1 aliphatic rings. The number of hydrogen-bond acceptors (Lipinski definition) is 3. The predicted octanol–water partition coefficient (Wildman–Crippen LogP) is 2.99. The Balaban J connectivity index is 2.05. The number of halogens is 2. The summed E-state index contributed by atoms with van der Waals surface area (Å²) in [5.74, 6) is 1.44. The lowest BCUT2D eigenvalue weighted by molar-refractivity contribution is 0.308. The van der Waals surface area contributed by atoms with Gasteiger partial charge in [0.15, 0.2) is 0 Å². The van der Waals surface area contributed by atoms with Crippen molar-refractivity contribution in [2.45, 2.75) is 25.8 Å². The van der Waals surface area contributed by atoms with E-state index in [4.69, 9.17) is 23.2 Å². The molecular formula is C9H11Cl2N3. The highest BCUT2D eigenvalue weighted by Gasteiger charge is 2.25. The molecule has 0 atom stereocenters. The van der Waals surface area contributed by atoms with Crippen LogP contribution in [0.25, 0.3) is 0 Å². The van der Waals surface area contributed by atoms with Crippen molar-refractivity contribution in [2.75, 3.05) is 5.32 Å². The highest BCUT2D eigenvalue weighted by Crippen LogP contribution is 2.31. The van der Waals surface area contributed by atoms with Gasteiger partial charge in [-0.2, -0.15) is 4.98 Å². The first-order valence-corrected chi connectivity index (χ1v) is 5.35. The van der Waals surface area contributed by atoms with Crippen molar-refractivity contribution in [2.24, 2.45) is 5.92 Å². The van der Waals surface area contributed by atoms with Crippen LogP contribution in [-0.2, 0) is 0 Å². The molecule has 0 aliphatic heterocycles. The Morgan fingerprint density at radius 1 is 1.43 bits per heavy atom. The minimum atomic E-state index is 0.226. The summed E-state index contributed by atoms with van der Waals surface area (Å²) >= 11 is 11.6. The summed E-state index contributed by atoms with van der Waals surface area (Å²) in [4.78, 5) is 7.82. The minimum absolute atomic E-state index is 0.226. The van der Waals surface area contributed by atoms with E-state index >= 15 is 0 Å². The molecule has 14 heavy (non-hydrogen) atoms. The minimum Gasteiger partial charge on any atom is -0.366 e. The number of nitrogens with zero attached hydrogens (tertiary/aromatic N) is 2. The molecule has 1 N–H and O–H groups in total. The summed E-state index contributed by atoms with van der Waals surface area (Å²) in [7, 11) is 0. The van der Waals surface area contributed by atoms with E-state index in [-0.39, 0.29) is 5.28 Å². The Bertz CT molecular complexity index is 337. The number of hydrogen-bond donors (Lipinski definition) is 1. The molecule has 0 unspecified atom stereocenters. The van der Waals surface area contributed by atoms with E-state index in [1.165, 1.54) is 6.20 Å². The normalized spacial score (nSPS) is 25.6. The Labute approximate surface area is 92.8 Å². The van der Waals surface area contributed by atoms with Gasteiger partial charge in [-0.3, -0.25) is 0 Å². The van der Waals surface area contributed by atoms with Crippen molar-refractivity contribution in [3.8, 4) is 0 Å². The summed E-state index contributed by atoms with van der Waals surface area (Å²) in [6, 6.07) is 0.480. The first-order valence-electron chi connectivity index (χ1n) is 4.59. The van der Waals surface area contributed by atoms with E-state index < -0.39 is 0 Å². The molecule has 1 aliphatic carbocycles. The van der Waals surface area contributed by atoms with Crippen molar-refractivity contribution >= 4 is 29.0 Å². The van der Waals surface area contributed by atoms with Gasteiger partial charge >= 0.3 is 0 Å². The van der Waals surface area contributed by atoms with Gasteiger partial charge in [-0.05, 0) is 30.4 Å². The number of rotatable bonds is 2. The second-order valence-electron chi connectivity index (χ2n) is 3.75. The van der Waals surface area contributed by atoms with E-state index in [0.717, 1.165) is 18.8 Å². The summed E-state index contributed by atoms with van der Waals surface area (Å²) in [5, 5.41) is 4.00. The second-order valence-corrected chi connectivity index (χ2v) is 4.50. The van der Waals surface area contributed by atoms with Gasteiger partial charge < -0.3 is 5.32 Å². The second kappa shape index (κ2) is 3.91. The van der Waals surface area contributed by atoms with E-state index in [1.54, 1.807) is 0 Å². The van der Waals surface area contributed by atoms with Crippen molar-refractivity contribution in [1.29, 1.82) is 0 Å². The van der Waals surface area contributed by atoms with Gasteiger partial charge in [0, 0.05) is 6.04 Å². The molecule has 3 nitrogen and oxygen atoms in total. The molecule has 1 fully saturated rings. The van der Waals surface area contributed by atoms with Crippen molar-refractivity contribution in [1.82, 2.24) is 9.97 Å². The van der Waals surface area contributed by atoms with E-state index in [9.17, 15) is 0 Å². The van der Waals surface area contributed by atoms with Gasteiger partial charge in [-0.25, -0.2) is 4.98 Å². The lowest BCUT2D eigenvalue weighted by atomic mass is 9.82. The molecule has 0 aromatic carbocycles. The van der Waals surface area contributed by atoms with Crippen LogP contribution in [0.2, 0.25) is 10.3 Å². The molecule has 5 heteroatoms. The molecule has 2 rings (SSSR count). The number of anilines is 1. The number of nitrogens with one attached hydrogen (secondary N) is 1. The SMILES string of the molecule is CC1CC(Nc2nc(Cl)ncc2Cl)C1. The van der Waals surface area contributed by atoms with Crippen LogP contribution in [-0.4, -0.2) is 16.0 Å². The molecule has 0 bridgehead atoms. The van der Waals surface area contributed by atoms with Gasteiger partial charge in [0.1, 0.15) is 10.8 Å². The standard InChI is InChI=1S/C9H11Cl2N3/c1-5-2-6(3-5)13-8-7(10)4-12-9(11)14-8/h4-6H,2-3H2,1H3,(H,12,13,14). The van der Waals surface area contributed by atoms with Crippen LogP contribution in [0.3, 0.4) is 0 Å². The van der Waals surface area contributed by atoms with Crippen LogP contribution in [0.4, 0.5) is 5.82 Å². The van der Waals surface area contributed by atoms with Crippen LogP contribution in [0.5, 0.6) is 0 Å². The van der Waals surface area contributed by atoms with Gasteiger partial charge in [-0.1, -0.05) is 18.5 Å². The largest absolute Gasteiger partial charge is 0.366 e. The van der Waals surface area contributed by atoms with Crippen LogP contribution in [0, 0.1) is 5.92 Å². The van der Waals surface area contributed by atoms with Gasteiger partial charge in [0.25, 0.3) is 0 Å². The van der Waals surface area contributed by atoms with Gasteiger partial charge in [0.2, 0.25) is 5.28 Å². The average Bonchev–Trinajstić information content (AvgIpc) is 2.09. The zero-order valence-electron chi connectivity index (χ0n) is 7.80. The number of aromatic nitrogens is 2. The predicted molar refractivity (Wildman–Crippen MR) is 57.9 cm³/mol. The third-order valence-electron chi connectivity index (χ3n) is 2.43. The summed E-state index contributed by atoms with van der Waals surface area (Å²) in [5.41, 5.74) is 0. The Morgan fingerprint density at radius 2 is 2.14 bits per heavy atom. The fourth-order valence-electron chi connectivity index (χ4n) is 1.66. The Hall–Kier alpha value is -0.540. The molecule has 1 heterocycles. The van der Waals surface area contributed by atoms with E-state index in [2.05, 4.69) is 22.2 Å². The van der Waals surface area contributed by atoms with E-state index in [1.807, 2.05) is 0 Å². The highest BCUT2D eigenvalue weighted by atomic mass is 35.5. The van der Waals surface area contributed by atoms with Crippen LogP contribution < -0.4 is 5.32 Å².